The lowest BCUT2D eigenvalue weighted by atomic mass is 10.5. The van der Waals surface area contributed by atoms with Gasteiger partial charge in [-0.1, -0.05) is 0 Å². The minimum absolute atomic E-state index is 0.911. The molecule has 1 aliphatic rings. The lowest BCUT2D eigenvalue weighted by Gasteiger charge is -1.68. The van der Waals surface area contributed by atoms with E-state index in [4.69, 9.17) is 0 Å². The number of allylic oxidation sites excluding steroid dienone is 1. The van der Waals surface area contributed by atoms with E-state index in [0.29, 0.717) is 0 Å². The summed E-state index contributed by atoms with van der Waals surface area (Å²) in [4.78, 5) is 10.8. The van der Waals surface area contributed by atoms with E-state index in [1.807, 2.05) is 6.08 Å². The number of aromatic amines is 1. The van der Waals surface area contributed by atoms with Crippen molar-refractivity contribution in [1.82, 2.24) is 9.97 Å². The van der Waals surface area contributed by atoms with Gasteiger partial charge in [-0.05, 0) is 11.9 Å². The van der Waals surface area contributed by atoms with Gasteiger partial charge in [-0.15, -0.1) is 0 Å². The second-order valence-electron chi connectivity index (χ2n) is 1.92. The number of H-pyrrole nitrogens is 1. The molecular formula is C7H5N3. The lowest BCUT2D eigenvalue weighted by Crippen LogP contribution is -2.23. The maximum atomic E-state index is 4.04. The van der Waals surface area contributed by atoms with E-state index >= 15 is 0 Å². The van der Waals surface area contributed by atoms with Gasteiger partial charge in [0.05, 0.1) is 23.2 Å². The van der Waals surface area contributed by atoms with E-state index in [-0.39, 0.29) is 0 Å². The van der Waals surface area contributed by atoms with Crippen LogP contribution in [-0.2, 0) is 0 Å². The summed E-state index contributed by atoms with van der Waals surface area (Å²) >= 11 is 0. The fourth-order valence-corrected chi connectivity index (χ4v) is 0.812. The molecule has 0 unspecified atom stereocenters. The number of fused-ring (bicyclic) bond motifs is 1. The third-order valence-electron chi connectivity index (χ3n) is 1.28. The number of hydrogen-bond donors (Lipinski definition) is 1. The molecule has 0 saturated carbocycles. The first kappa shape index (κ1) is 5.21. The molecule has 2 heterocycles. The molecule has 3 nitrogen and oxygen atoms in total. The van der Waals surface area contributed by atoms with E-state index in [9.17, 15) is 0 Å². The second kappa shape index (κ2) is 1.97. The second-order valence-corrected chi connectivity index (χ2v) is 1.92. The Morgan fingerprint density at radius 1 is 1.50 bits per heavy atom. The maximum Gasteiger partial charge on any atom is 0.0932 e. The zero-order valence-corrected chi connectivity index (χ0v) is 5.20. The summed E-state index contributed by atoms with van der Waals surface area (Å²) in [6.07, 6.45) is 6.94. The highest BCUT2D eigenvalue weighted by molar-refractivity contribution is 5.66. The number of imidazole rings is 1. The first-order valence-electron chi connectivity index (χ1n) is 2.95. The predicted octanol–water partition coefficient (Wildman–Crippen LogP) is -0.832. The maximum absolute atomic E-state index is 4.04. The first-order chi connectivity index (χ1) is 4.97. The fraction of sp³-hybridized carbons (Fsp3) is 0. The van der Waals surface area contributed by atoms with Gasteiger partial charge in [-0.3, -0.25) is 0 Å². The number of aliphatic imine (C=N–C) groups is 1. The lowest BCUT2D eigenvalue weighted by molar-refractivity contribution is 1.28. The highest BCUT2D eigenvalue weighted by Gasteiger charge is 1.85. The molecule has 10 heavy (non-hydrogen) atoms. The standard InChI is InChI=1S/C7H5N3/c1-2-6-7(4-8-3-1)10-5-9-6/h1-2,4-5H,(H,9,10). The summed E-state index contributed by atoms with van der Waals surface area (Å²) < 4.78 is 0. The normalized spacial score (nSPS) is 13.2. The van der Waals surface area contributed by atoms with Crippen LogP contribution in [-0.4, -0.2) is 15.8 Å². The Labute approximate surface area is 57.1 Å². The molecule has 0 bridgehead atoms. The highest BCUT2D eigenvalue weighted by Crippen LogP contribution is 1.70. The van der Waals surface area contributed by atoms with Gasteiger partial charge >= 0.3 is 0 Å². The number of nitrogens with one attached hydrogen (secondary N) is 1. The Balaban J connectivity index is 2.94. The van der Waals surface area contributed by atoms with Gasteiger partial charge in [-0.2, -0.15) is 0 Å². The Morgan fingerprint density at radius 3 is 3.50 bits per heavy atom. The van der Waals surface area contributed by atoms with E-state index in [1.54, 1.807) is 18.6 Å². The SMILES string of the molecule is C1=CC=c2nc[nH]c2=CN=1. The molecule has 1 N–H and O–H groups in total. The van der Waals surface area contributed by atoms with Crippen LogP contribution in [0.15, 0.2) is 17.4 Å². The molecule has 0 aromatic carbocycles. The first-order valence-corrected chi connectivity index (χ1v) is 2.95. The molecule has 0 atom stereocenters. The van der Waals surface area contributed by atoms with E-state index in [0.717, 1.165) is 10.7 Å². The Hall–Kier alpha value is -1.60. The zero-order chi connectivity index (χ0) is 6.81. The minimum atomic E-state index is 0.911. The molecule has 0 saturated heterocycles. The summed E-state index contributed by atoms with van der Waals surface area (Å²) in [5, 5.41) is 1.84. The van der Waals surface area contributed by atoms with Crippen LogP contribution in [0.2, 0.25) is 0 Å². The summed E-state index contributed by atoms with van der Waals surface area (Å²) in [5.74, 6) is 2.71. The monoisotopic (exact) mass is 131 g/mol. The van der Waals surface area contributed by atoms with Gasteiger partial charge in [0.1, 0.15) is 0 Å². The van der Waals surface area contributed by atoms with E-state index in [1.165, 1.54) is 0 Å². The fourth-order valence-electron chi connectivity index (χ4n) is 0.812. The van der Waals surface area contributed by atoms with Gasteiger partial charge in [0.25, 0.3) is 0 Å². The van der Waals surface area contributed by atoms with Crippen LogP contribution >= 0.6 is 0 Å². The van der Waals surface area contributed by atoms with Crippen molar-refractivity contribution >= 4 is 18.1 Å². The molecule has 3 heteroatoms. The van der Waals surface area contributed by atoms with Crippen molar-refractivity contribution in [3.63, 3.8) is 0 Å². The summed E-state index contributed by atoms with van der Waals surface area (Å²) in [6.45, 7) is 0. The average Bonchev–Trinajstić information content (AvgIpc) is 2.28. The molecular weight excluding hydrogens is 126 g/mol. The average molecular weight is 131 g/mol. The van der Waals surface area contributed by atoms with Crippen molar-refractivity contribution < 1.29 is 0 Å². The van der Waals surface area contributed by atoms with Gasteiger partial charge in [0.15, 0.2) is 0 Å². The van der Waals surface area contributed by atoms with Crippen molar-refractivity contribution in [2.75, 3.05) is 0 Å². The smallest absolute Gasteiger partial charge is 0.0932 e. The number of hydrogen-bond acceptors (Lipinski definition) is 2. The Morgan fingerprint density at radius 2 is 2.50 bits per heavy atom. The molecule has 0 amide bonds. The molecule has 1 aromatic heterocycles. The number of rotatable bonds is 0. The van der Waals surface area contributed by atoms with Crippen LogP contribution in [0.3, 0.4) is 0 Å². The number of aromatic nitrogens is 2. The van der Waals surface area contributed by atoms with Crippen molar-refractivity contribution in [1.29, 1.82) is 0 Å². The van der Waals surface area contributed by atoms with E-state index < -0.39 is 0 Å². The van der Waals surface area contributed by atoms with Crippen molar-refractivity contribution in [2.45, 2.75) is 0 Å². The van der Waals surface area contributed by atoms with Crippen molar-refractivity contribution in [3.8, 4) is 0 Å². The van der Waals surface area contributed by atoms with Crippen molar-refractivity contribution in [3.05, 3.63) is 23.1 Å². The topological polar surface area (TPSA) is 41.0 Å². The molecule has 48 valence electrons. The molecule has 2 rings (SSSR count). The third-order valence-corrected chi connectivity index (χ3v) is 1.28. The van der Waals surface area contributed by atoms with Gasteiger partial charge in [0, 0.05) is 6.08 Å². The van der Waals surface area contributed by atoms with Gasteiger partial charge < -0.3 is 4.98 Å². The summed E-state index contributed by atoms with van der Waals surface area (Å²) in [5.41, 5.74) is 0. The minimum Gasteiger partial charge on any atom is -0.343 e. The molecule has 1 aromatic rings. The predicted molar refractivity (Wildman–Crippen MR) is 38.8 cm³/mol. The van der Waals surface area contributed by atoms with Crippen LogP contribution < -0.4 is 10.7 Å². The summed E-state index contributed by atoms with van der Waals surface area (Å²) in [7, 11) is 0. The highest BCUT2D eigenvalue weighted by atomic mass is 14.9. The largest absolute Gasteiger partial charge is 0.343 e. The van der Waals surface area contributed by atoms with Crippen LogP contribution in [0.4, 0.5) is 0 Å². The number of nitrogens with zero attached hydrogens (tertiary/aromatic N) is 2. The molecule has 0 radical (unpaired) electrons. The van der Waals surface area contributed by atoms with Gasteiger partial charge in [0.2, 0.25) is 0 Å². The Bertz CT molecular complexity index is 370. The van der Waals surface area contributed by atoms with Crippen molar-refractivity contribution in [2.24, 2.45) is 4.99 Å². The molecule has 0 aliphatic carbocycles. The van der Waals surface area contributed by atoms with Crippen LogP contribution in [0.5, 0.6) is 0 Å². The molecule has 0 spiro atoms. The van der Waals surface area contributed by atoms with Crippen LogP contribution in [0, 0.1) is 0 Å². The van der Waals surface area contributed by atoms with Crippen LogP contribution in [0.1, 0.15) is 0 Å². The zero-order valence-electron chi connectivity index (χ0n) is 5.20. The summed E-state index contributed by atoms with van der Waals surface area (Å²) in [6, 6.07) is 0. The third kappa shape index (κ3) is 0.694. The quantitative estimate of drug-likeness (QED) is 0.490. The van der Waals surface area contributed by atoms with E-state index in [2.05, 4.69) is 20.8 Å². The Kier molecular flexibility index (Phi) is 1.03. The van der Waals surface area contributed by atoms with Gasteiger partial charge in [-0.25, -0.2) is 9.98 Å². The van der Waals surface area contributed by atoms with Crippen LogP contribution in [0.25, 0.3) is 12.3 Å². The molecule has 1 aliphatic heterocycles. The molecule has 0 fully saturated rings.